The fourth-order valence-corrected chi connectivity index (χ4v) is 1.91. The molecule has 0 aliphatic rings. The van der Waals surface area contributed by atoms with Gasteiger partial charge in [-0.15, -0.1) is 0 Å². The average molecular weight is 318 g/mol. The lowest BCUT2D eigenvalue weighted by Gasteiger charge is -2.10. The van der Waals surface area contributed by atoms with Crippen LogP contribution >= 0.6 is 11.6 Å². The Balaban J connectivity index is 2.42. The van der Waals surface area contributed by atoms with Gasteiger partial charge in [-0.25, -0.2) is 4.68 Å². The van der Waals surface area contributed by atoms with Crippen LogP contribution in [0.15, 0.2) is 11.0 Å². The third-order valence-electron chi connectivity index (χ3n) is 2.83. The molecule has 0 amide bonds. The van der Waals surface area contributed by atoms with Gasteiger partial charge in [-0.3, -0.25) is 4.79 Å². The highest BCUT2D eigenvalue weighted by Gasteiger charge is 2.08. The van der Waals surface area contributed by atoms with Crippen molar-refractivity contribution in [3.8, 4) is 0 Å². The molecule has 0 unspecified atom stereocenters. The van der Waals surface area contributed by atoms with E-state index in [1.807, 2.05) is 13.8 Å². The van der Waals surface area contributed by atoms with E-state index in [0.717, 1.165) is 26.0 Å². The van der Waals surface area contributed by atoms with Crippen LogP contribution in [0.4, 0.5) is 5.69 Å². The molecule has 0 aromatic carbocycles. The van der Waals surface area contributed by atoms with Gasteiger partial charge in [-0.1, -0.05) is 11.6 Å². The molecule has 0 bridgehead atoms. The Kier molecular flexibility index (Phi) is 8.34. The summed E-state index contributed by atoms with van der Waals surface area (Å²) in [5.74, 6) is 0. The highest BCUT2D eigenvalue weighted by molar-refractivity contribution is 6.32. The van der Waals surface area contributed by atoms with Crippen molar-refractivity contribution >= 4 is 17.3 Å². The van der Waals surface area contributed by atoms with E-state index < -0.39 is 0 Å². The van der Waals surface area contributed by atoms with Gasteiger partial charge in [0.25, 0.3) is 5.56 Å². The maximum absolute atomic E-state index is 12.0. The van der Waals surface area contributed by atoms with E-state index in [1.165, 1.54) is 4.68 Å². The predicted octanol–water partition coefficient (Wildman–Crippen LogP) is 2.16. The molecule has 0 fully saturated rings. The van der Waals surface area contributed by atoms with Crippen molar-refractivity contribution in [2.45, 2.75) is 39.3 Å². The van der Waals surface area contributed by atoms with E-state index in [9.17, 15) is 4.79 Å². The zero-order chi connectivity index (χ0) is 15.7. The van der Waals surface area contributed by atoms with Crippen molar-refractivity contribution < 1.29 is 9.47 Å². The van der Waals surface area contributed by atoms with Gasteiger partial charge in [0.05, 0.1) is 31.1 Å². The Labute approximate surface area is 130 Å². The first-order valence-corrected chi connectivity index (χ1v) is 7.54. The summed E-state index contributed by atoms with van der Waals surface area (Å²) in [4.78, 5) is 12.0. The van der Waals surface area contributed by atoms with E-state index in [1.54, 1.807) is 13.3 Å². The molecule has 1 rings (SSSR count). The molecule has 1 N–H and O–H groups in total. The number of hydrogen-bond donors (Lipinski definition) is 1. The van der Waals surface area contributed by atoms with Gasteiger partial charge >= 0.3 is 0 Å². The minimum Gasteiger partial charge on any atom is -0.383 e. The summed E-state index contributed by atoms with van der Waals surface area (Å²) in [7, 11) is 1.57. The number of rotatable bonds is 10. The van der Waals surface area contributed by atoms with Crippen molar-refractivity contribution in [3.63, 3.8) is 0 Å². The van der Waals surface area contributed by atoms with E-state index in [0.29, 0.717) is 18.8 Å². The zero-order valence-electron chi connectivity index (χ0n) is 12.9. The van der Waals surface area contributed by atoms with Gasteiger partial charge in [0, 0.05) is 20.3 Å². The lowest BCUT2D eigenvalue weighted by atomic mass is 10.3. The second kappa shape index (κ2) is 9.76. The number of anilines is 1. The number of unbranched alkanes of at least 4 members (excludes halogenated alkanes) is 1. The molecular weight excluding hydrogens is 294 g/mol. The maximum Gasteiger partial charge on any atom is 0.287 e. The van der Waals surface area contributed by atoms with Gasteiger partial charge < -0.3 is 14.8 Å². The van der Waals surface area contributed by atoms with Crippen molar-refractivity contribution in [1.29, 1.82) is 0 Å². The molecule has 0 saturated carbocycles. The SMILES string of the molecule is COCCn1ncc(NCCCCOC(C)C)c(Cl)c1=O. The standard InChI is InChI=1S/C14H24ClN3O3/c1-11(2)21-8-5-4-6-16-12-10-17-18(7-9-20-3)14(19)13(12)15/h10-11,16H,4-9H2,1-3H3. The van der Waals surface area contributed by atoms with Crippen LogP contribution in [-0.4, -0.2) is 42.8 Å². The molecule has 0 aliphatic heterocycles. The average Bonchev–Trinajstić information content (AvgIpc) is 2.45. The van der Waals surface area contributed by atoms with Gasteiger partial charge in [0.2, 0.25) is 0 Å². The van der Waals surface area contributed by atoms with Crippen molar-refractivity contribution in [2.24, 2.45) is 0 Å². The van der Waals surface area contributed by atoms with Crippen LogP contribution < -0.4 is 10.9 Å². The predicted molar refractivity (Wildman–Crippen MR) is 84.2 cm³/mol. The van der Waals surface area contributed by atoms with Crippen LogP contribution in [0, 0.1) is 0 Å². The minimum absolute atomic E-state index is 0.166. The molecule has 21 heavy (non-hydrogen) atoms. The van der Waals surface area contributed by atoms with Crippen LogP contribution in [0.5, 0.6) is 0 Å². The number of halogens is 1. The second-order valence-electron chi connectivity index (χ2n) is 4.95. The lowest BCUT2D eigenvalue weighted by molar-refractivity contribution is 0.0765. The Hall–Kier alpha value is -1.11. The molecule has 0 atom stereocenters. The van der Waals surface area contributed by atoms with Crippen LogP contribution in [0.3, 0.4) is 0 Å². The van der Waals surface area contributed by atoms with Crippen molar-refractivity contribution in [1.82, 2.24) is 9.78 Å². The van der Waals surface area contributed by atoms with Crippen LogP contribution in [0.1, 0.15) is 26.7 Å². The largest absolute Gasteiger partial charge is 0.383 e. The summed E-state index contributed by atoms with van der Waals surface area (Å²) in [5, 5.41) is 7.36. The molecule has 7 heteroatoms. The molecule has 120 valence electrons. The summed E-state index contributed by atoms with van der Waals surface area (Å²) >= 11 is 6.06. The quantitative estimate of drug-likeness (QED) is 0.670. The number of aromatic nitrogens is 2. The van der Waals surface area contributed by atoms with Crippen LogP contribution in [0.2, 0.25) is 5.02 Å². The van der Waals surface area contributed by atoms with Crippen molar-refractivity contribution in [3.05, 3.63) is 21.6 Å². The third kappa shape index (κ3) is 6.46. The fraction of sp³-hybridized carbons (Fsp3) is 0.714. The topological polar surface area (TPSA) is 65.4 Å². The molecule has 0 saturated heterocycles. The smallest absolute Gasteiger partial charge is 0.287 e. The van der Waals surface area contributed by atoms with Crippen molar-refractivity contribution in [2.75, 3.05) is 32.2 Å². The molecule has 1 aromatic rings. The van der Waals surface area contributed by atoms with Gasteiger partial charge in [-0.2, -0.15) is 5.10 Å². The first-order chi connectivity index (χ1) is 10.1. The Morgan fingerprint density at radius 3 is 2.81 bits per heavy atom. The highest BCUT2D eigenvalue weighted by Crippen LogP contribution is 2.15. The third-order valence-corrected chi connectivity index (χ3v) is 3.20. The number of hydrogen-bond acceptors (Lipinski definition) is 5. The zero-order valence-corrected chi connectivity index (χ0v) is 13.7. The van der Waals surface area contributed by atoms with E-state index in [-0.39, 0.29) is 16.7 Å². The Morgan fingerprint density at radius 1 is 1.38 bits per heavy atom. The fourth-order valence-electron chi connectivity index (χ4n) is 1.69. The summed E-state index contributed by atoms with van der Waals surface area (Å²) in [5.41, 5.74) is 0.266. The lowest BCUT2D eigenvalue weighted by Crippen LogP contribution is -2.26. The number of ether oxygens (including phenoxy) is 2. The molecule has 1 heterocycles. The van der Waals surface area contributed by atoms with E-state index in [2.05, 4.69) is 10.4 Å². The molecule has 1 aromatic heterocycles. The van der Waals surface area contributed by atoms with Crippen LogP contribution in [-0.2, 0) is 16.0 Å². The van der Waals surface area contributed by atoms with E-state index in [4.69, 9.17) is 21.1 Å². The molecule has 0 radical (unpaired) electrons. The van der Waals surface area contributed by atoms with Gasteiger partial charge in [-0.05, 0) is 26.7 Å². The van der Waals surface area contributed by atoms with Gasteiger partial charge in [0.15, 0.2) is 0 Å². The molecule has 0 aliphatic carbocycles. The minimum atomic E-state index is -0.304. The van der Waals surface area contributed by atoms with Gasteiger partial charge in [0.1, 0.15) is 5.02 Å². The summed E-state index contributed by atoms with van der Waals surface area (Å²) in [6.45, 7) is 6.31. The second-order valence-corrected chi connectivity index (χ2v) is 5.32. The van der Waals surface area contributed by atoms with Crippen LogP contribution in [0.25, 0.3) is 0 Å². The molecule has 0 spiro atoms. The first kappa shape index (κ1) is 17.9. The van der Waals surface area contributed by atoms with E-state index >= 15 is 0 Å². The summed E-state index contributed by atoms with van der Waals surface area (Å²) < 4.78 is 11.7. The summed E-state index contributed by atoms with van der Waals surface area (Å²) in [6.07, 6.45) is 3.73. The number of methoxy groups -OCH3 is 1. The monoisotopic (exact) mass is 317 g/mol. The first-order valence-electron chi connectivity index (χ1n) is 7.16. The normalized spacial score (nSPS) is 11.1. The number of nitrogens with one attached hydrogen (secondary N) is 1. The maximum atomic E-state index is 12.0. The molecule has 6 nitrogen and oxygen atoms in total. The molecular formula is C14H24ClN3O3. The Morgan fingerprint density at radius 2 is 2.14 bits per heavy atom. The summed E-state index contributed by atoms with van der Waals surface area (Å²) in [6, 6.07) is 0. The highest BCUT2D eigenvalue weighted by atomic mass is 35.5. The number of nitrogens with zero attached hydrogens (tertiary/aromatic N) is 2. The Bertz CT molecular complexity index is 477.